The molecule has 0 spiro atoms. The summed E-state index contributed by atoms with van der Waals surface area (Å²) in [6.07, 6.45) is -4.36. The summed E-state index contributed by atoms with van der Waals surface area (Å²) in [6, 6.07) is 6.32. The number of rotatable bonds is 5. The van der Waals surface area contributed by atoms with E-state index in [2.05, 4.69) is 10.1 Å². The highest BCUT2D eigenvalue weighted by Crippen LogP contribution is 2.19. The summed E-state index contributed by atoms with van der Waals surface area (Å²) in [5, 5.41) is 40.7. The second-order valence-corrected chi connectivity index (χ2v) is 5.70. The Morgan fingerprint density at radius 2 is 1.81 bits per heavy atom. The van der Waals surface area contributed by atoms with E-state index in [0.29, 0.717) is 11.1 Å². The number of hydrogen-bond donors (Lipinski definition) is 5. The van der Waals surface area contributed by atoms with Crippen LogP contribution in [0.1, 0.15) is 15.9 Å². The van der Waals surface area contributed by atoms with Gasteiger partial charge in [0.05, 0.1) is 19.3 Å². The normalized spacial score (nSPS) is 28.7. The van der Waals surface area contributed by atoms with E-state index in [1.807, 2.05) is 0 Å². The van der Waals surface area contributed by atoms with Gasteiger partial charge >= 0.3 is 5.97 Å². The van der Waals surface area contributed by atoms with Crippen molar-refractivity contribution in [1.82, 2.24) is 5.32 Å². The molecular formula is C17H21NO8. The van der Waals surface area contributed by atoms with Crippen LogP contribution in [0.15, 0.2) is 30.3 Å². The fourth-order valence-corrected chi connectivity index (χ4v) is 2.43. The molecule has 0 aromatic heterocycles. The smallest absolute Gasteiger partial charge is 0.337 e. The Bertz CT molecular complexity index is 657. The highest BCUT2D eigenvalue weighted by molar-refractivity contribution is 5.92. The molecule has 1 fully saturated rings. The van der Waals surface area contributed by atoms with Crippen LogP contribution in [0.5, 0.6) is 0 Å². The molecule has 1 aliphatic rings. The van der Waals surface area contributed by atoms with E-state index in [-0.39, 0.29) is 0 Å². The van der Waals surface area contributed by atoms with Crippen LogP contribution < -0.4 is 5.32 Å². The Morgan fingerprint density at radius 1 is 1.15 bits per heavy atom. The molecule has 0 aliphatic carbocycles. The second kappa shape index (κ2) is 8.88. The van der Waals surface area contributed by atoms with Gasteiger partial charge in [-0.05, 0) is 23.8 Å². The molecular weight excluding hydrogens is 346 g/mol. The molecule has 9 heteroatoms. The number of hydrogen-bond acceptors (Lipinski definition) is 8. The minimum atomic E-state index is -1.57. The first-order chi connectivity index (χ1) is 12.4. The van der Waals surface area contributed by atoms with Gasteiger partial charge in [-0.2, -0.15) is 0 Å². The van der Waals surface area contributed by atoms with Crippen molar-refractivity contribution in [3.63, 3.8) is 0 Å². The molecule has 142 valence electrons. The third-order valence-electron chi connectivity index (χ3n) is 3.94. The molecule has 0 saturated carbocycles. The zero-order valence-electron chi connectivity index (χ0n) is 14.0. The number of amides is 1. The highest BCUT2D eigenvalue weighted by Gasteiger charge is 2.43. The van der Waals surface area contributed by atoms with Crippen LogP contribution in [0.2, 0.25) is 0 Å². The molecule has 1 aromatic carbocycles. The lowest BCUT2D eigenvalue weighted by Crippen LogP contribution is -2.63. The summed E-state index contributed by atoms with van der Waals surface area (Å²) in [4.78, 5) is 23.3. The largest absolute Gasteiger partial charge is 0.465 e. The standard InChI is InChI=1S/C17H21NO8/c1-25-17(24)10-5-2-9(3-6-10)4-7-12(20)18-16-15(23)14(22)13(21)11(8-19)26-16/h2-7,11,13-16,19,21-23H,8H2,1H3,(H,18,20)/b7-4+/t11-,13-,14+,15-,16-/m1/s1. The van der Waals surface area contributed by atoms with E-state index in [1.165, 1.54) is 19.3 Å². The number of esters is 1. The third-order valence-corrected chi connectivity index (χ3v) is 3.94. The van der Waals surface area contributed by atoms with Gasteiger partial charge < -0.3 is 35.2 Å². The molecule has 1 aromatic rings. The topological polar surface area (TPSA) is 146 Å². The van der Waals surface area contributed by atoms with E-state index >= 15 is 0 Å². The lowest BCUT2D eigenvalue weighted by atomic mass is 9.98. The Labute approximate surface area is 149 Å². The Morgan fingerprint density at radius 3 is 2.38 bits per heavy atom. The predicted molar refractivity (Wildman–Crippen MR) is 88.7 cm³/mol. The van der Waals surface area contributed by atoms with E-state index in [9.17, 15) is 24.9 Å². The summed E-state index contributed by atoms with van der Waals surface area (Å²) >= 11 is 0. The van der Waals surface area contributed by atoms with Crippen molar-refractivity contribution in [2.45, 2.75) is 30.6 Å². The fourth-order valence-electron chi connectivity index (χ4n) is 2.43. The van der Waals surface area contributed by atoms with Gasteiger partial charge in [0.25, 0.3) is 0 Å². The van der Waals surface area contributed by atoms with Gasteiger partial charge in [-0.15, -0.1) is 0 Å². The lowest BCUT2D eigenvalue weighted by Gasteiger charge is -2.39. The van der Waals surface area contributed by atoms with Gasteiger partial charge in [0.1, 0.15) is 24.4 Å². The molecule has 0 unspecified atom stereocenters. The number of carbonyl (C=O) groups excluding carboxylic acids is 2. The van der Waals surface area contributed by atoms with Gasteiger partial charge in [0.15, 0.2) is 6.23 Å². The first-order valence-corrected chi connectivity index (χ1v) is 7.85. The summed E-state index contributed by atoms with van der Waals surface area (Å²) in [5.41, 5.74) is 1.01. The predicted octanol–water partition coefficient (Wildman–Crippen LogP) is -1.60. The maximum Gasteiger partial charge on any atom is 0.337 e. The first kappa shape index (κ1) is 20.0. The van der Waals surface area contributed by atoms with Crippen LogP contribution in [-0.2, 0) is 14.3 Å². The molecule has 0 bridgehead atoms. The van der Waals surface area contributed by atoms with Crippen LogP contribution in [-0.4, -0.2) is 76.7 Å². The maximum atomic E-state index is 12.0. The minimum Gasteiger partial charge on any atom is -0.465 e. The van der Waals surface area contributed by atoms with Crippen molar-refractivity contribution < 1.29 is 39.5 Å². The van der Waals surface area contributed by atoms with Crippen molar-refractivity contribution in [3.8, 4) is 0 Å². The van der Waals surface area contributed by atoms with Crippen molar-refractivity contribution >= 4 is 18.0 Å². The summed E-state index contributed by atoms with van der Waals surface area (Å²) < 4.78 is 9.77. The Hall–Kier alpha value is -2.30. The highest BCUT2D eigenvalue weighted by atomic mass is 16.6. The van der Waals surface area contributed by atoms with Gasteiger partial charge in [0, 0.05) is 6.08 Å². The second-order valence-electron chi connectivity index (χ2n) is 5.70. The summed E-state index contributed by atoms with van der Waals surface area (Å²) in [6.45, 7) is -0.584. The van der Waals surface area contributed by atoms with E-state index < -0.39 is 49.1 Å². The molecule has 0 radical (unpaired) electrons. The van der Waals surface area contributed by atoms with Gasteiger partial charge in [0.2, 0.25) is 5.91 Å². The number of aliphatic hydroxyl groups is 4. The average Bonchev–Trinajstić information content (AvgIpc) is 2.66. The number of benzene rings is 1. The van der Waals surface area contributed by atoms with Crippen LogP contribution in [0.4, 0.5) is 0 Å². The van der Waals surface area contributed by atoms with Crippen LogP contribution in [0, 0.1) is 0 Å². The maximum absolute atomic E-state index is 12.0. The minimum absolute atomic E-state index is 0.371. The third kappa shape index (κ3) is 4.65. The SMILES string of the molecule is COC(=O)c1ccc(/C=C/C(=O)N[C@@H]2O[C@H](CO)[C@@H](O)[C@H](O)[C@H]2O)cc1. The number of aliphatic hydroxyl groups excluding tert-OH is 4. The van der Waals surface area contributed by atoms with Crippen LogP contribution >= 0.6 is 0 Å². The van der Waals surface area contributed by atoms with E-state index in [0.717, 1.165) is 0 Å². The van der Waals surface area contributed by atoms with Crippen LogP contribution in [0.3, 0.4) is 0 Å². The summed E-state index contributed by atoms with van der Waals surface area (Å²) in [5.74, 6) is -1.09. The Balaban J connectivity index is 1.97. The first-order valence-electron chi connectivity index (χ1n) is 7.85. The van der Waals surface area contributed by atoms with Crippen molar-refractivity contribution in [3.05, 3.63) is 41.5 Å². The fraction of sp³-hybridized carbons (Fsp3) is 0.412. The molecule has 5 atom stereocenters. The number of carbonyl (C=O) groups is 2. The van der Waals surface area contributed by atoms with Gasteiger partial charge in [-0.1, -0.05) is 12.1 Å². The molecule has 1 aliphatic heterocycles. The molecule has 26 heavy (non-hydrogen) atoms. The summed E-state index contributed by atoms with van der Waals surface area (Å²) in [7, 11) is 1.28. The van der Waals surface area contributed by atoms with Crippen molar-refractivity contribution in [1.29, 1.82) is 0 Å². The molecule has 1 amide bonds. The quantitative estimate of drug-likeness (QED) is 0.309. The number of methoxy groups -OCH3 is 1. The number of nitrogens with one attached hydrogen (secondary N) is 1. The molecule has 1 saturated heterocycles. The monoisotopic (exact) mass is 367 g/mol. The average molecular weight is 367 g/mol. The molecule has 1 heterocycles. The van der Waals surface area contributed by atoms with E-state index in [4.69, 9.17) is 9.84 Å². The number of ether oxygens (including phenoxy) is 2. The molecule has 9 nitrogen and oxygen atoms in total. The van der Waals surface area contributed by atoms with Gasteiger partial charge in [-0.3, -0.25) is 4.79 Å². The molecule has 2 rings (SSSR count). The lowest BCUT2D eigenvalue weighted by molar-refractivity contribution is -0.235. The van der Waals surface area contributed by atoms with Crippen LogP contribution in [0.25, 0.3) is 6.08 Å². The van der Waals surface area contributed by atoms with E-state index in [1.54, 1.807) is 24.3 Å². The zero-order valence-corrected chi connectivity index (χ0v) is 14.0. The van der Waals surface area contributed by atoms with Gasteiger partial charge in [-0.25, -0.2) is 4.79 Å². The Kier molecular flexibility index (Phi) is 6.83. The van der Waals surface area contributed by atoms with Crippen molar-refractivity contribution in [2.75, 3.05) is 13.7 Å². The molecule has 5 N–H and O–H groups in total. The zero-order chi connectivity index (χ0) is 19.3. The van der Waals surface area contributed by atoms with Crippen molar-refractivity contribution in [2.24, 2.45) is 0 Å².